The van der Waals surface area contributed by atoms with Crippen molar-refractivity contribution < 1.29 is 9.32 Å². The lowest BCUT2D eigenvalue weighted by Gasteiger charge is -2.41. The first kappa shape index (κ1) is 18.0. The zero-order chi connectivity index (χ0) is 19.8. The predicted molar refractivity (Wildman–Crippen MR) is 105 cm³/mol. The number of carbonyl (C=O) groups is 1. The molecule has 1 unspecified atom stereocenters. The fraction of sp³-hybridized carbons (Fsp3) is 0.476. The molecule has 3 aromatic heterocycles. The smallest absolute Gasteiger partial charge is 0.272 e. The average Bonchev–Trinajstić information content (AvgIpc) is 3.24. The molecule has 8 heteroatoms. The number of amides is 1. The maximum atomic E-state index is 13.1. The number of imidazole rings is 1. The molecule has 3 aromatic rings. The maximum absolute atomic E-state index is 13.1. The lowest BCUT2D eigenvalue weighted by molar-refractivity contribution is 0.0597. The quantitative estimate of drug-likeness (QED) is 0.663. The van der Waals surface area contributed by atoms with E-state index in [9.17, 15) is 4.79 Å². The number of aromatic nitrogens is 5. The molecule has 0 N–H and O–H groups in total. The van der Waals surface area contributed by atoms with Gasteiger partial charge in [-0.2, -0.15) is 4.98 Å². The Morgan fingerprint density at radius 1 is 1.28 bits per heavy atom. The Balaban J connectivity index is 1.46. The summed E-state index contributed by atoms with van der Waals surface area (Å²) in [4.78, 5) is 28.0. The second-order valence-electron chi connectivity index (χ2n) is 8.31. The van der Waals surface area contributed by atoms with Gasteiger partial charge in [-0.3, -0.25) is 9.78 Å². The Morgan fingerprint density at radius 3 is 2.83 bits per heavy atom. The van der Waals surface area contributed by atoms with Gasteiger partial charge in [-0.25, -0.2) is 4.98 Å². The van der Waals surface area contributed by atoms with Crippen molar-refractivity contribution in [1.82, 2.24) is 29.6 Å². The van der Waals surface area contributed by atoms with Crippen LogP contribution in [0.5, 0.6) is 0 Å². The third-order valence-electron chi connectivity index (χ3n) is 6.10. The molecule has 1 saturated heterocycles. The molecule has 1 aliphatic carbocycles. The van der Waals surface area contributed by atoms with Gasteiger partial charge >= 0.3 is 0 Å². The maximum Gasteiger partial charge on any atom is 0.272 e. The number of hydrogen-bond donors (Lipinski definition) is 0. The molecular formula is C21H24N6O2. The molecular weight excluding hydrogens is 368 g/mol. The first-order valence-corrected chi connectivity index (χ1v) is 10.1. The molecule has 29 heavy (non-hydrogen) atoms. The van der Waals surface area contributed by atoms with E-state index < -0.39 is 0 Å². The van der Waals surface area contributed by atoms with Gasteiger partial charge in [-0.15, -0.1) is 0 Å². The average molecular weight is 392 g/mol. The number of aryl methyl sites for hydroxylation is 1. The lowest BCUT2D eigenvalue weighted by Crippen LogP contribution is -2.49. The first-order chi connectivity index (χ1) is 14.1. The fourth-order valence-electron chi connectivity index (χ4n) is 4.40. The van der Waals surface area contributed by atoms with Crippen molar-refractivity contribution in [2.75, 3.05) is 13.1 Å². The topological polar surface area (TPSA) is 89.9 Å². The molecule has 0 spiro atoms. The van der Waals surface area contributed by atoms with Gasteiger partial charge in [-0.1, -0.05) is 18.0 Å². The molecule has 5 rings (SSSR count). The van der Waals surface area contributed by atoms with E-state index in [1.165, 1.54) is 12.8 Å². The number of piperidine rings is 1. The number of likely N-dealkylation sites (tertiary alicyclic amines) is 1. The van der Waals surface area contributed by atoms with Crippen LogP contribution in [-0.4, -0.2) is 48.6 Å². The summed E-state index contributed by atoms with van der Waals surface area (Å²) >= 11 is 0. The first-order valence-electron chi connectivity index (χ1n) is 10.1. The largest absolute Gasteiger partial charge is 0.336 e. The Hall–Kier alpha value is -3.03. The SMILES string of the molecule is Cn1cncc1C(=O)N1CCCC(CC2CC2)(c2noc(-c3ccncc3)n2)C1. The summed E-state index contributed by atoms with van der Waals surface area (Å²) in [6.45, 7) is 1.36. The third-order valence-corrected chi connectivity index (χ3v) is 6.10. The zero-order valence-electron chi connectivity index (χ0n) is 16.5. The summed E-state index contributed by atoms with van der Waals surface area (Å²) in [5.74, 6) is 1.93. The van der Waals surface area contributed by atoms with Crippen LogP contribution in [0.2, 0.25) is 0 Å². The molecule has 150 valence electrons. The van der Waals surface area contributed by atoms with Gasteiger partial charge in [0.1, 0.15) is 5.69 Å². The van der Waals surface area contributed by atoms with E-state index in [0.717, 1.165) is 37.2 Å². The van der Waals surface area contributed by atoms with E-state index in [1.807, 2.05) is 24.1 Å². The van der Waals surface area contributed by atoms with Gasteiger partial charge in [0.05, 0.1) is 17.9 Å². The van der Waals surface area contributed by atoms with E-state index in [2.05, 4.69) is 15.1 Å². The minimum atomic E-state index is -0.261. The Bertz CT molecular complexity index is 1010. The van der Waals surface area contributed by atoms with Crippen LogP contribution in [0.1, 0.15) is 48.4 Å². The van der Waals surface area contributed by atoms with Crippen molar-refractivity contribution in [2.45, 2.75) is 37.5 Å². The minimum Gasteiger partial charge on any atom is -0.336 e. The van der Waals surface area contributed by atoms with Crippen LogP contribution in [-0.2, 0) is 12.5 Å². The Labute approximate surface area is 169 Å². The molecule has 1 atom stereocenters. The molecule has 0 aromatic carbocycles. The second-order valence-corrected chi connectivity index (χ2v) is 8.31. The van der Waals surface area contributed by atoms with Crippen LogP contribution < -0.4 is 0 Å². The third kappa shape index (κ3) is 3.43. The van der Waals surface area contributed by atoms with Gasteiger partial charge in [0.15, 0.2) is 5.82 Å². The summed E-state index contributed by atoms with van der Waals surface area (Å²) in [5.41, 5.74) is 1.21. The number of nitrogens with zero attached hydrogens (tertiary/aromatic N) is 6. The highest BCUT2D eigenvalue weighted by Crippen LogP contribution is 2.46. The number of hydrogen-bond acceptors (Lipinski definition) is 6. The predicted octanol–water partition coefficient (Wildman–Crippen LogP) is 2.84. The normalized spacial score (nSPS) is 22.0. The standard InChI is InChI=1S/C21H24N6O2/c1-26-14-23-12-17(26)19(28)27-10-2-7-21(13-27,11-15-3-4-15)20-24-18(29-25-20)16-5-8-22-9-6-16/h5-6,8-9,12,14-15H,2-4,7,10-11,13H2,1H3. The van der Waals surface area contributed by atoms with E-state index >= 15 is 0 Å². The van der Waals surface area contributed by atoms with E-state index in [0.29, 0.717) is 24.0 Å². The van der Waals surface area contributed by atoms with E-state index in [-0.39, 0.29) is 11.3 Å². The van der Waals surface area contributed by atoms with Crippen molar-refractivity contribution in [1.29, 1.82) is 0 Å². The molecule has 0 radical (unpaired) electrons. The van der Waals surface area contributed by atoms with Crippen molar-refractivity contribution in [3.63, 3.8) is 0 Å². The van der Waals surface area contributed by atoms with Gasteiger partial charge in [-0.05, 0) is 37.3 Å². The van der Waals surface area contributed by atoms with Crippen molar-refractivity contribution in [3.05, 3.63) is 48.6 Å². The Morgan fingerprint density at radius 2 is 2.10 bits per heavy atom. The number of rotatable bonds is 5. The van der Waals surface area contributed by atoms with Gasteiger partial charge in [0, 0.05) is 38.1 Å². The van der Waals surface area contributed by atoms with Crippen LogP contribution >= 0.6 is 0 Å². The highest BCUT2D eigenvalue weighted by Gasteiger charge is 2.46. The summed E-state index contributed by atoms with van der Waals surface area (Å²) < 4.78 is 7.38. The van der Waals surface area contributed by atoms with Gasteiger partial charge in [0.2, 0.25) is 0 Å². The van der Waals surface area contributed by atoms with Crippen molar-refractivity contribution in [2.24, 2.45) is 13.0 Å². The molecule has 4 heterocycles. The summed E-state index contributed by atoms with van der Waals surface area (Å²) in [5, 5.41) is 4.38. The lowest BCUT2D eigenvalue weighted by atomic mass is 9.74. The summed E-state index contributed by atoms with van der Waals surface area (Å²) in [6.07, 6.45) is 12.1. The van der Waals surface area contributed by atoms with Gasteiger partial charge < -0.3 is 14.0 Å². The Kier molecular flexibility index (Phi) is 4.41. The van der Waals surface area contributed by atoms with Gasteiger partial charge in [0.25, 0.3) is 11.8 Å². The monoisotopic (exact) mass is 392 g/mol. The summed E-state index contributed by atoms with van der Waals surface area (Å²) in [6, 6.07) is 3.73. The van der Waals surface area contributed by atoms with Crippen LogP contribution in [0.4, 0.5) is 0 Å². The second kappa shape index (κ2) is 7.09. The van der Waals surface area contributed by atoms with Crippen LogP contribution in [0.3, 0.4) is 0 Å². The van der Waals surface area contributed by atoms with Crippen LogP contribution in [0.15, 0.2) is 41.6 Å². The van der Waals surface area contributed by atoms with Crippen LogP contribution in [0, 0.1) is 5.92 Å². The molecule has 8 nitrogen and oxygen atoms in total. The van der Waals surface area contributed by atoms with E-state index in [1.54, 1.807) is 29.5 Å². The zero-order valence-corrected chi connectivity index (χ0v) is 16.5. The summed E-state index contributed by atoms with van der Waals surface area (Å²) in [7, 11) is 1.85. The highest BCUT2D eigenvalue weighted by molar-refractivity contribution is 5.92. The molecule has 1 saturated carbocycles. The molecule has 2 aliphatic rings. The number of carbonyl (C=O) groups excluding carboxylic acids is 1. The van der Waals surface area contributed by atoms with Crippen LogP contribution in [0.25, 0.3) is 11.5 Å². The highest BCUT2D eigenvalue weighted by atomic mass is 16.5. The number of pyridine rings is 1. The molecule has 1 amide bonds. The van der Waals surface area contributed by atoms with Crippen molar-refractivity contribution in [3.8, 4) is 11.5 Å². The van der Waals surface area contributed by atoms with E-state index in [4.69, 9.17) is 9.51 Å². The fourth-order valence-corrected chi connectivity index (χ4v) is 4.40. The molecule has 0 bridgehead atoms. The van der Waals surface area contributed by atoms with Crippen molar-refractivity contribution >= 4 is 5.91 Å². The molecule has 1 aliphatic heterocycles. The minimum absolute atomic E-state index is 0.0164. The molecule has 2 fully saturated rings.